The van der Waals surface area contributed by atoms with Crippen molar-refractivity contribution in [1.29, 1.82) is 0 Å². The van der Waals surface area contributed by atoms with Crippen molar-refractivity contribution >= 4 is 11.9 Å². The van der Waals surface area contributed by atoms with Crippen molar-refractivity contribution in [3.8, 4) is 5.88 Å². The number of pyridine rings is 1. The number of carbonyl (C=O) groups is 2. The van der Waals surface area contributed by atoms with Gasteiger partial charge in [0.1, 0.15) is 11.7 Å². The molecule has 0 spiro atoms. The minimum absolute atomic E-state index is 0.0220. The van der Waals surface area contributed by atoms with E-state index in [0.29, 0.717) is 0 Å². The van der Waals surface area contributed by atoms with Crippen LogP contribution in [0.15, 0.2) is 18.3 Å². The number of esters is 2. The number of hydrogen-bond donors (Lipinski definition) is 0. The Morgan fingerprint density at radius 1 is 1.44 bits per heavy atom. The molecule has 18 heavy (non-hydrogen) atoms. The van der Waals surface area contributed by atoms with E-state index in [9.17, 15) is 9.59 Å². The predicted octanol–water partition coefficient (Wildman–Crippen LogP) is 0.478. The number of hydrogen-bond acceptors (Lipinski definition) is 6. The van der Waals surface area contributed by atoms with Gasteiger partial charge >= 0.3 is 11.9 Å². The van der Waals surface area contributed by atoms with Gasteiger partial charge in [-0.2, -0.15) is 0 Å². The lowest BCUT2D eigenvalue weighted by Crippen LogP contribution is -2.51. The first kappa shape index (κ1) is 12.5. The molecule has 0 aliphatic carbocycles. The lowest BCUT2D eigenvalue weighted by Gasteiger charge is -2.35. The van der Waals surface area contributed by atoms with Gasteiger partial charge in [-0.05, 0) is 19.2 Å². The lowest BCUT2D eigenvalue weighted by atomic mass is 10.2. The van der Waals surface area contributed by atoms with Crippen LogP contribution in [0.5, 0.6) is 5.88 Å². The molecule has 1 fully saturated rings. The molecule has 0 atom stereocenters. The number of likely N-dealkylation sites (N-methyl/N-ethyl adjacent to an activating group) is 1. The minimum atomic E-state index is -0.738. The fraction of sp³-hybridized carbons (Fsp3) is 0.417. The Morgan fingerprint density at radius 3 is 2.78 bits per heavy atom. The third kappa shape index (κ3) is 2.84. The van der Waals surface area contributed by atoms with E-state index in [2.05, 4.69) is 14.6 Å². The smallest absolute Gasteiger partial charge is 0.351 e. The molecule has 2 rings (SSSR count). The minimum Gasteiger partial charge on any atom is -0.471 e. The van der Waals surface area contributed by atoms with E-state index in [1.807, 2.05) is 7.05 Å². The molecule has 1 aliphatic rings. The number of nitrogens with zero attached hydrogens (tertiary/aromatic N) is 2. The molecule has 0 saturated carbocycles. The molecule has 96 valence electrons. The van der Waals surface area contributed by atoms with E-state index in [1.165, 1.54) is 19.2 Å². The number of ether oxygens (including phenoxy) is 2. The third-order valence-electron chi connectivity index (χ3n) is 2.54. The molecule has 0 amide bonds. The van der Waals surface area contributed by atoms with Crippen LogP contribution in [0.1, 0.15) is 17.3 Å². The first-order valence-corrected chi connectivity index (χ1v) is 5.59. The van der Waals surface area contributed by atoms with Gasteiger partial charge in [-0.1, -0.05) is 0 Å². The average molecular weight is 250 g/mol. The van der Waals surface area contributed by atoms with Crippen molar-refractivity contribution in [1.82, 2.24) is 9.88 Å². The van der Waals surface area contributed by atoms with Crippen LogP contribution in [0.3, 0.4) is 0 Å². The van der Waals surface area contributed by atoms with Gasteiger partial charge in [-0.3, -0.25) is 9.69 Å². The molecule has 1 saturated heterocycles. The van der Waals surface area contributed by atoms with E-state index < -0.39 is 11.9 Å². The summed E-state index contributed by atoms with van der Waals surface area (Å²) in [4.78, 5) is 28.5. The molecular formula is C12H14N2O4. The van der Waals surface area contributed by atoms with Crippen molar-refractivity contribution in [2.24, 2.45) is 0 Å². The largest absolute Gasteiger partial charge is 0.471 e. The normalized spacial score (nSPS) is 15.9. The second-order valence-corrected chi connectivity index (χ2v) is 4.20. The van der Waals surface area contributed by atoms with Gasteiger partial charge in [0.05, 0.1) is 0 Å². The molecule has 1 aromatic heterocycles. The SMILES string of the molecule is CC(=O)OC(=O)c1cccnc1OC1CN(C)C1. The molecule has 1 aliphatic heterocycles. The van der Waals surface area contributed by atoms with Crippen LogP contribution in [-0.2, 0) is 9.53 Å². The van der Waals surface area contributed by atoms with E-state index >= 15 is 0 Å². The summed E-state index contributed by atoms with van der Waals surface area (Å²) in [6.07, 6.45) is 1.55. The van der Waals surface area contributed by atoms with Gasteiger partial charge in [0, 0.05) is 26.2 Å². The number of rotatable bonds is 3. The summed E-state index contributed by atoms with van der Waals surface area (Å²) in [6, 6.07) is 3.12. The fourth-order valence-corrected chi connectivity index (χ4v) is 1.70. The Hall–Kier alpha value is -1.95. The van der Waals surface area contributed by atoms with Gasteiger partial charge in [-0.25, -0.2) is 9.78 Å². The van der Waals surface area contributed by atoms with Crippen molar-refractivity contribution < 1.29 is 19.1 Å². The third-order valence-corrected chi connectivity index (χ3v) is 2.54. The molecule has 0 radical (unpaired) electrons. The van der Waals surface area contributed by atoms with Crippen LogP contribution in [0.2, 0.25) is 0 Å². The standard InChI is InChI=1S/C12H14N2O4/c1-8(15)17-12(16)10-4-3-5-13-11(10)18-9-6-14(2)7-9/h3-5,9H,6-7H2,1-2H3. The molecule has 0 N–H and O–H groups in total. The Balaban J connectivity index is 2.10. The Bertz CT molecular complexity index is 469. The van der Waals surface area contributed by atoms with Crippen LogP contribution in [0.25, 0.3) is 0 Å². The van der Waals surface area contributed by atoms with Crippen LogP contribution in [-0.4, -0.2) is 48.1 Å². The summed E-state index contributed by atoms with van der Waals surface area (Å²) in [5.41, 5.74) is 0.169. The van der Waals surface area contributed by atoms with Crippen LogP contribution < -0.4 is 4.74 Å². The highest BCUT2D eigenvalue weighted by Gasteiger charge is 2.27. The highest BCUT2D eigenvalue weighted by Crippen LogP contribution is 2.20. The molecule has 0 bridgehead atoms. The second kappa shape index (κ2) is 5.14. The Morgan fingerprint density at radius 2 is 2.17 bits per heavy atom. The van der Waals surface area contributed by atoms with Gasteiger partial charge in [0.2, 0.25) is 5.88 Å². The summed E-state index contributed by atoms with van der Waals surface area (Å²) in [5, 5.41) is 0. The van der Waals surface area contributed by atoms with Crippen LogP contribution in [0.4, 0.5) is 0 Å². The summed E-state index contributed by atoms with van der Waals surface area (Å²) >= 11 is 0. The quantitative estimate of drug-likeness (QED) is 0.574. The molecule has 6 heteroatoms. The Kier molecular flexibility index (Phi) is 3.57. The van der Waals surface area contributed by atoms with Gasteiger partial charge in [0.25, 0.3) is 0 Å². The van der Waals surface area contributed by atoms with E-state index in [1.54, 1.807) is 6.07 Å². The fourth-order valence-electron chi connectivity index (χ4n) is 1.70. The first-order valence-electron chi connectivity index (χ1n) is 5.59. The maximum atomic E-state index is 11.7. The monoisotopic (exact) mass is 250 g/mol. The summed E-state index contributed by atoms with van der Waals surface area (Å²) in [7, 11) is 1.98. The molecule has 0 aromatic carbocycles. The van der Waals surface area contributed by atoms with Crippen molar-refractivity contribution in [2.45, 2.75) is 13.0 Å². The predicted molar refractivity (Wildman–Crippen MR) is 62.2 cm³/mol. The number of aromatic nitrogens is 1. The van der Waals surface area contributed by atoms with Gasteiger partial charge in [-0.15, -0.1) is 0 Å². The van der Waals surface area contributed by atoms with E-state index in [0.717, 1.165) is 13.1 Å². The summed E-state index contributed by atoms with van der Waals surface area (Å²) in [5.74, 6) is -1.18. The zero-order valence-corrected chi connectivity index (χ0v) is 10.3. The van der Waals surface area contributed by atoms with Crippen molar-refractivity contribution in [3.63, 3.8) is 0 Å². The number of likely N-dealkylation sites (tertiary alicyclic amines) is 1. The van der Waals surface area contributed by atoms with Crippen LogP contribution in [0, 0.1) is 0 Å². The highest BCUT2D eigenvalue weighted by atomic mass is 16.6. The zero-order valence-electron chi connectivity index (χ0n) is 10.3. The highest BCUT2D eigenvalue weighted by molar-refractivity contribution is 5.97. The zero-order chi connectivity index (χ0) is 13.1. The average Bonchev–Trinajstić information content (AvgIpc) is 2.26. The molecule has 0 unspecified atom stereocenters. The summed E-state index contributed by atoms with van der Waals surface area (Å²) < 4.78 is 10.1. The van der Waals surface area contributed by atoms with Gasteiger partial charge < -0.3 is 9.47 Å². The topological polar surface area (TPSA) is 68.7 Å². The lowest BCUT2D eigenvalue weighted by molar-refractivity contribution is -0.135. The Labute approximate surface area is 105 Å². The maximum Gasteiger partial charge on any atom is 0.351 e. The summed E-state index contributed by atoms with van der Waals surface area (Å²) in [6.45, 7) is 2.76. The first-order chi connectivity index (χ1) is 8.56. The van der Waals surface area contributed by atoms with Crippen molar-refractivity contribution in [2.75, 3.05) is 20.1 Å². The second-order valence-electron chi connectivity index (χ2n) is 4.20. The maximum absolute atomic E-state index is 11.7. The van der Waals surface area contributed by atoms with E-state index in [-0.39, 0.29) is 17.5 Å². The molecule has 6 nitrogen and oxygen atoms in total. The molecular weight excluding hydrogens is 236 g/mol. The van der Waals surface area contributed by atoms with Gasteiger partial charge in [0.15, 0.2) is 0 Å². The number of carbonyl (C=O) groups excluding carboxylic acids is 2. The van der Waals surface area contributed by atoms with Crippen molar-refractivity contribution in [3.05, 3.63) is 23.9 Å². The molecule has 2 heterocycles. The van der Waals surface area contributed by atoms with Crippen LogP contribution >= 0.6 is 0 Å². The molecule has 1 aromatic rings. The van der Waals surface area contributed by atoms with E-state index in [4.69, 9.17) is 4.74 Å².